The Bertz CT molecular complexity index is 695. The van der Waals surface area contributed by atoms with Crippen molar-refractivity contribution < 1.29 is 9.15 Å². The topological polar surface area (TPSA) is 67.8 Å². The number of aryl methyl sites for hydroxylation is 1. The zero-order valence-corrected chi connectivity index (χ0v) is 16.4. The predicted molar refractivity (Wildman–Crippen MR) is 106 cm³/mol. The van der Waals surface area contributed by atoms with Crippen LogP contribution in [0.25, 0.3) is 0 Å². The fraction of sp³-hybridized carbons (Fsp3) is 0.600. The van der Waals surface area contributed by atoms with Crippen LogP contribution in [0, 0.1) is 0 Å². The Morgan fingerprint density at radius 3 is 3.15 bits per heavy atom. The summed E-state index contributed by atoms with van der Waals surface area (Å²) >= 11 is 0. The largest absolute Gasteiger partial charge is 0.469 e. The Balaban J connectivity index is 1.55. The van der Waals surface area contributed by atoms with Gasteiger partial charge in [0.1, 0.15) is 5.76 Å². The van der Waals surface area contributed by atoms with E-state index in [1.54, 1.807) is 6.26 Å². The molecule has 3 rings (SSSR count). The Morgan fingerprint density at radius 2 is 2.41 bits per heavy atom. The zero-order valence-electron chi connectivity index (χ0n) is 16.4. The van der Waals surface area contributed by atoms with Gasteiger partial charge in [-0.05, 0) is 37.5 Å². The van der Waals surface area contributed by atoms with E-state index in [0.717, 1.165) is 70.4 Å². The van der Waals surface area contributed by atoms with Crippen molar-refractivity contribution in [3.8, 4) is 0 Å². The first-order chi connectivity index (χ1) is 13.3. The van der Waals surface area contributed by atoms with Gasteiger partial charge in [0, 0.05) is 65.0 Å². The molecule has 0 saturated carbocycles. The van der Waals surface area contributed by atoms with Gasteiger partial charge in [0.05, 0.1) is 12.5 Å². The van der Waals surface area contributed by atoms with Gasteiger partial charge in [0.2, 0.25) is 0 Å². The quantitative estimate of drug-likeness (QED) is 0.415. The number of nitrogens with one attached hydrogen (secondary N) is 1. The van der Waals surface area contributed by atoms with Crippen LogP contribution in [0.4, 0.5) is 0 Å². The van der Waals surface area contributed by atoms with Gasteiger partial charge in [-0.3, -0.25) is 9.67 Å². The first-order valence-corrected chi connectivity index (χ1v) is 9.88. The summed E-state index contributed by atoms with van der Waals surface area (Å²) in [6.45, 7) is 7.12. The number of aliphatic imine (C=N–C) groups is 1. The first-order valence-electron chi connectivity index (χ1n) is 9.88. The number of ether oxygens (including phenoxy) is 1. The summed E-state index contributed by atoms with van der Waals surface area (Å²) in [6.07, 6.45) is 8.75. The third-order valence-corrected chi connectivity index (χ3v) is 4.83. The minimum atomic E-state index is 0.513. The minimum absolute atomic E-state index is 0.513. The summed E-state index contributed by atoms with van der Waals surface area (Å²) in [5.74, 6) is 2.50. The van der Waals surface area contributed by atoms with Crippen LogP contribution in [-0.2, 0) is 18.2 Å². The molecule has 1 aliphatic rings. The van der Waals surface area contributed by atoms with Crippen LogP contribution in [0.15, 0.2) is 40.2 Å². The van der Waals surface area contributed by atoms with Crippen molar-refractivity contribution in [2.75, 3.05) is 39.4 Å². The number of aromatic nitrogens is 2. The van der Waals surface area contributed by atoms with Crippen LogP contribution in [-0.4, -0.2) is 60.0 Å². The third-order valence-electron chi connectivity index (χ3n) is 4.83. The lowest BCUT2D eigenvalue weighted by molar-refractivity contribution is 0.146. The number of furan rings is 1. The number of hydrogen-bond donors (Lipinski definition) is 1. The number of hydrogen-bond acceptors (Lipinski definition) is 4. The van der Waals surface area contributed by atoms with E-state index in [0.29, 0.717) is 5.92 Å². The monoisotopic (exact) mass is 373 g/mol. The summed E-state index contributed by atoms with van der Waals surface area (Å²) in [5, 5.41) is 7.84. The Kier molecular flexibility index (Phi) is 7.33. The normalized spacial score (nSPS) is 17.6. The van der Waals surface area contributed by atoms with E-state index in [1.165, 1.54) is 5.56 Å². The van der Waals surface area contributed by atoms with Crippen molar-refractivity contribution in [3.05, 3.63) is 42.1 Å². The Labute approximate surface area is 161 Å². The van der Waals surface area contributed by atoms with E-state index >= 15 is 0 Å². The maximum atomic E-state index is 5.42. The lowest BCUT2D eigenvalue weighted by Crippen LogP contribution is -2.41. The van der Waals surface area contributed by atoms with Crippen LogP contribution in [0.5, 0.6) is 0 Å². The summed E-state index contributed by atoms with van der Waals surface area (Å²) in [5.41, 5.74) is 1.31. The van der Waals surface area contributed by atoms with Gasteiger partial charge in [0.15, 0.2) is 5.96 Å². The average Bonchev–Trinajstić information content (AvgIpc) is 3.41. The molecule has 3 heterocycles. The van der Waals surface area contributed by atoms with Gasteiger partial charge < -0.3 is 19.4 Å². The number of rotatable bonds is 9. The molecular weight excluding hydrogens is 342 g/mol. The van der Waals surface area contributed by atoms with E-state index in [1.807, 2.05) is 37.0 Å². The molecule has 1 saturated heterocycles. The maximum absolute atomic E-state index is 5.42. The molecule has 1 atom stereocenters. The number of guanidine groups is 1. The van der Waals surface area contributed by atoms with E-state index in [9.17, 15) is 0 Å². The zero-order chi connectivity index (χ0) is 18.9. The van der Waals surface area contributed by atoms with Gasteiger partial charge in [0.25, 0.3) is 0 Å². The second-order valence-electron chi connectivity index (χ2n) is 6.89. The SMILES string of the molecule is CCOCCCN=C(NCCc1ccco1)N1CCC(c2cnn(C)c2)C1. The van der Waals surface area contributed by atoms with E-state index in [4.69, 9.17) is 14.1 Å². The molecule has 1 aliphatic heterocycles. The highest BCUT2D eigenvalue weighted by atomic mass is 16.5. The molecule has 1 unspecified atom stereocenters. The van der Waals surface area contributed by atoms with Gasteiger partial charge in [-0.2, -0.15) is 5.10 Å². The molecule has 2 aromatic heterocycles. The molecular formula is C20H31N5O2. The highest BCUT2D eigenvalue weighted by molar-refractivity contribution is 5.80. The molecule has 0 radical (unpaired) electrons. The van der Waals surface area contributed by atoms with Gasteiger partial charge in [-0.25, -0.2) is 0 Å². The second kappa shape index (κ2) is 10.2. The van der Waals surface area contributed by atoms with Crippen molar-refractivity contribution in [1.29, 1.82) is 0 Å². The Hall–Kier alpha value is -2.28. The lowest BCUT2D eigenvalue weighted by Gasteiger charge is -2.22. The van der Waals surface area contributed by atoms with Gasteiger partial charge >= 0.3 is 0 Å². The fourth-order valence-electron chi connectivity index (χ4n) is 3.39. The molecule has 1 N–H and O–H groups in total. The van der Waals surface area contributed by atoms with Crippen LogP contribution in [0.1, 0.15) is 37.0 Å². The highest BCUT2D eigenvalue weighted by Crippen LogP contribution is 2.26. The molecule has 148 valence electrons. The van der Waals surface area contributed by atoms with Gasteiger partial charge in [-0.15, -0.1) is 0 Å². The van der Waals surface area contributed by atoms with Crippen LogP contribution in [0.2, 0.25) is 0 Å². The van der Waals surface area contributed by atoms with Crippen LogP contribution < -0.4 is 5.32 Å². The lowest BCUT2D eigenvalue weighted by atomic mass is 10.0. The molecule has 0 spiro atoms. The molecule has 7 nitrogen and oxygen atoms in total. The van der Waals surface area contributed by atoms with Crippen molar-refractivity contribution in [1.82, 2.24) is 20.0 Å². The van der Waals surface area contributed by atoms with E-state index in [2.05, 4.69) is 21.5 Å². The summed E-state index contributed by atoms with van der Waals surface area (Å²) in [4.78, 5) is 7.19. The summed E-state index contributed by atoms with van der Waals surface area (Å²) < 4.78 is 12.7. The second-order valence-corrected chi connectivity index (χ2v) is 6.89. The number of nitrogens with zero attached hydrogens (tertiary/aromatic N) is 4. The first kappa shape index (κ1) is 19.5. The summed E-state index contributed by atoms with van der Waals surface area (Å²) in [6, 6.07) is 3.94. The van der Waals surface area contributed by atoms with E-state index in [-0.39, 0.29) is 0 Å². The predicted octanol–water partition coefficient (Wildman–Crippen LogP) is 2.42. The maximum Gasteiger partial charge on any atom is 0.193 e. The standard InChI is InChI=1S/C20H31N5O2/c1-3-26-12-5-9-21-20(22-10-7-19-6-4-13-27-19)25-11-8-17(16-25)18-14-23-24(2)15-18/h4,6,13-15,17H,3,5,7-12,16H2,1-2H3,(H,21,22). The minimum Gasteiger partial charge on any atom is -0.469 e. The number of likely N-dealkylation sites (tertiary alicyclic amines) is 1. The molecule has 1 fully saturated rings. The van der Waals surface area contributed by atoms with Crippen molar-refractivity contribution in [3.63, 3.8) is 0 Å². The Morgan fingerprint density at radius 1 is 1.48 bits per heavy atom. The molecule has 0 amide bonds. The highest BCUT2D eigenvalue weighted by Gasteiger charge is 2.27. The van der Waals surface area contributed by atoms with Crippen LogP contribution >= 0.6 is 0 Å². The third kappa shape index (κ3) is 5.85. The average molecular weight is 374 g/mol. The smallest absolute Gasteiger partial charge is 0.193 e. The van der Waals surface area contributed by atoms with Gasteiger partial charge in [-0.1, -0.05) is 0 Å². The molecule has 0 bridgehead atoms. The molecule has 0 aromatic carbocycles. The fourth-order valence-corrected chi connectivity index (χ4v) is 3.39. The molecule has 2 aromatic rings. The van der Waals surface area contributed by atoms with Crippen molar-refractivity contribution in [2.24, 2.45) is 12.0 Å². The van der Waals surface area contributed by atoms with Crippen molar-refractivity contribution in [2.45, 2.75) is 32.1 Å². The van der Waals surface area contributed by atoms with E-state index < -0.39 is 0 Å². The molecule has 7 heteroatoms. The molecule has 0 aliphatic carbocycles. The molecule has 27 heavy (non-hydrogen) atoms. The van der Waals surface area contributed by atoms with Crippen molar-refractivity contribution >= 4 is 5.96 Å². The summed E-state index contributed by atoms with van der Waals surface area (Å²) in [7, 11) is 1.97. The van der Waals surface area contributed by atoms with Crippen LogP contribution in [0.3, 0.4) is 0 Å².